The largest absolute Gasteiger partial charge is 0.418 e. The average Bonchev–Trinajstić information content (AvgIpc) is 2.71. The molecule has 0 saturated heterocycles. The molecule has 2 aromatic carbocycles. The van der Waals surface area contributed by atoms with E-state index in [9.17, 15) is 35.9 Å². The Balaban J connectivity index is 2.33. The van der Waals surface area contributed by atoms with Gasteiger partial charge in [-0.15, -0.1) is 0 Å². The summed E-state index contributed by atoms with van der Waals surface area (Å²) in [7, 11) is 0. The molecule has 0 spiro atoms. The van der Waals surface area contributed by atoms with Gasteiger partial charge in [-0.2, -0.15) is 26.3 Å². The summed E-state index contributed by atoms with van der Waals surface area (Å²) >= 11 is 0.643. The van der Waals surface area contributed by atoms with Gasteiger partial charge in [-0.25, -0.2) is 4.98 Å². The number of carbonyl (C=O) groups is 1. The van der Waals surface area contributed by atoms with Crippen molar-refractivity contribution in [2.75, 3.05) is 12.3 Å². The van der Waals surface area contributed by atoms with Crippen LogP contribution in [0.3, 0.4) is 0 Å². The molecule has 3 aromatic rings. The molecule has 0 aliphatic heterocycles. The number of hydrogen-bond acceptors (Lipinski definition) is 4. The molecular weight excluding hydrogens is 460 g/mol. The zero-order chi connectivity index (χ0) is 23.7. The summed E-state index contributed by atoms with van der Waals surface area (Å²) in [5.74, 6) is -0.787. The topological polar surface area (TPSA) is 64.0 Å². The number of alkyl halides is 6. The first-order chi connectivity index (χ1) is 14.9. The maximum Gasteiger partial charge on any atom is 0.418 e. The Morgan fingerprint density at radius 2 is 1.75 bits per heavy atom. The fourth-order valence-corrected chi connectivity index (χ4v) is 3.77. The first-order valence-corrected chi connectivity index (χ1v) is 10.1. The molecule has 0 unspecified atom stereocenters. The number of hydrogen-bond donors (Lipinski definition) is 1. The van der Waals surface area contributed by atoms with E-state index in [1.807, 2.05) is 0 Å². The van der Waals surface area contributed by atoms with Crippen molar-refractivity contribution in [1.29, 1.82) is 0 Å². The zero-order valence-corrected chi connectivity index (χ0v) is 17.2. The molecule has 170 valence electrons. The summed E-state index contributed by atoms with van der Waals surface area (Å²) in [4.78, 5) is 29.1. The number of para-hydroxylation sites is 1. The minimum atomic E-state index is -5.05. The van der Waals surface area contributed by atoms with Crippen molar-refractivity contribution in [2.24, 2.45) is 0 Å². The number of halogens is 6. The molecule has 0 atom stereocenters. The third kappa shape index (κ3) is 4.90. The van der Waals surface area contributed by atoms with Gasteiger partial charge in [0, 0.05) is 6.54 Å². The minimum absolute atomic E-state index is 0.0830. The summed E-state index contributed by atoms with van der Waals surface area (Å²) in [6.07, 6.45) is -9.99. The third-order valence-corrected chi connectivity index (χ3v) is 5.26. The quantitative estimate of drug-likeness (QED) is 0.332. The molecule has 0 aliphatic carbocycles. The van der Waals surface area contributed by atoms with Gasteiger partial charge in [-0.3, -0.25) is 14.2 Å². The van der Waals surface area contributed by atoms with Crippen molar-refractivity contribution in [3.8, 4) is 5.69 Å². The maximum absolute atomic E-state index is 13.7. The molecule has 3 rings (SSSR count). The van der Waals surface area contributed by atoms with Crippen molar-refractivity contribution in [3.05, 3.63) is 63.9 Å². The number of aromatic nitrogens is 2. The van der Waals surface area contributed by atoms with Gasteiger partial charge in [-0.1, -0.05) is 23.9 Å². The van der Waals surface area contributed by atoms with Crippen LogP contribution in [0.15, 0.2) is 52.4 Å². The summed E-state index contributed by atoms with van der Waals surface area (Å²) in [5.41, 5.74) is -4.68. The van der Waals surface area contributed by atoms with Crippen LogP contribution < -0.4 is 10.9 Å². The van der Waals surface area contributed by atoms with Gasteiger partial charge in [0.15, 0.2) is 5.16 Å². The SMILES string of the molecule is CCNC(=O)CSc1nc2ccccc2c(=O)n1-c1cc(C(F)(F)F)ccc1C(F)(F)F. The van der Waals surface area contributed by atoms with Crippen LogP contribution in [0.5, 0.6) is 0 Å². The molecule has 0 aliphatic rings. The van der Waals surface area contributed by atoms with E-state index in [1.54, 1.807) is 13.0 Å². The molecule has 1 N–H and O–H groups in total. The van der Waals surface area contributed by atoms with Crippen LogP contribution in [0, 0.1) is 0 Å². The standard InChI is InChI=1S/C20H15F6N3O2S/c1-2-27-16(30)10-32-18-28-14-6-4-3-5-12(14)17(31)29(18)15-9-11(19(21,22)23)7-8-13(15)20(24,25)26/h3-9H,2,10H2,1H3,(H,27,30). The first kappa shape index (κ1) is 23.6. The minimum Gasteiger partial charge on any atom is -0.356 e. The fourth-order valence-electron chi connectivity index (χ4n) is 2.93. The van der Waals surface area contributed by atoms with Gasteiger partial charge in [0.1, 0.15) is 0 Å². The van der Waals surface area contributed by atoms with E-state index in [1.165, 1.54) is 18.2 Å². The Hall–Kier alpha value is -3.02. The van der Waals surface area contributed by atoms with Crippen molar-refractivity contribution >= 4 is 28.6 Å². The average molecular weight is 475 g/mol. The van der Waals surface area contributed by atoms with Crippen LogP contribution >= 0.6 is 11.8 Å². The number of carbonyl (C=O) groups excluding carboxylic acids is 1. The van der Waals surface area contributed by atoms with E-state index in [0.29, 0.717) is 28.9 Å². The van der Waals surface area contributed by atoms with Crippen molar-refractivity contribution in [3.63, 3.8) is 0 Å². The van der Waals surface area contributed by atoms with Crippen LogP contribution in [-0.4, -0.2) is 27.8 Å². The molecule has 0 bridgehead atoms. The Kier molecular flexibility index (Phi) is 6.54. The number of thioether (sulfide) groups is 1. The lowest BCUT2D eigenvalue weighted by molar-refractivity contribution is -0.141. The Morgan fingerprint density at radius 1 is 1.06 bits per heavy atom. The van der Waals surface area contributed by atoms with E-state index >= 15 is 0 Å². The lowest BCUT2D eigenvalue weighted by Crippen LogP contribution is -2.27. The van der Waals surface area contributed by atoms with Gasteiger partial charge < -0.3 is 5.32 Å². The Morgan fingerprint density at radius 3 is 2.38 bits per heavy atom. The fraction of sp³-hybridized carbons (Fsp3) is 0.250. The third-order valence-electron chi connectivity index (χ3n) is 4.32. The number of fused-ring (bicyclic) bond motifs is 1. The van der Waals surface area contributed by atoms with Crippen LogP contribution in [-0.2, 0) is 17.1 Å². The first-order valence-electron chi connectivity index (χ1n) is 9.13. The van der Waals surface area contributed by atoms with Gasteiger partial charge in [-0.05, 0) is 37.3 Å². The van der Waals surface area contributed by atoms with Crippen LogP contribution in [0.2, 0.25) is 0 Å². The highest BCUT2D eigenvalue weighted by molar-refractivity contribution is 7.99. The van der Waals surface area contributed by atoms with Gasteiger partial charge in [0.2, 0.25) is 5.91 Å². The summed E-state index contributed by atoms with van der Waals surface area (Å²) in [6.45, 7) is 1.95. The monoisotopic (exact) mass is 475 g/mol. The zero-order valence-electron chi connectivity index (χ0n) is 16.3. The lowest BCUT2D eigenvalue weighted by Gasteiger charge is -2.19. The van der Waals surface area contributed by atoms with Gasteiger partial charge in [0.05, 0.1) is 33.5 Å². The smallest absolute Gasteiger partial charge is 0.356 e. The molecule has 0 fully saturated rings. The van der Waals surface area contributed by atoms with E-state index in [-0.39, 0.29) is 33.9 Å². The molecule has 0 radical (unpaired) electrons. The van der Waals surface area contributed by atoms with E-state index in [2.05, 4.69) is 10.3 Å². The second kappa shape index (κ2) is 8.85. The van der Waals surface area contributed by atoms with Crippen molar-refractivity contribution < 1.29 is 31.1 Å². The number of amides is 1. The van der Waals surface area contributed by atoms with Gasteiger partial charge >= 0.3 is 12.4 Å². The highest BCUT2D eigenvalue weighted by Gasteiger charge is 2.38. The molecule has 32 heavy (non-hydrogen) atoms. The summed E-state index contributed by atoms with van der Waals surface area (Å²) in [5, 5.41) is 2.06. The Bertz CT molecular complexity index is 1220. The predicted octanol–water partition coefficient (Wildman–Crippen LogP) is 4.65. The molecule has 0 saturated carbocycles. The number of benzene rings is 2. The molecule has 1 amide bonds. The van der Waals surface area contributed by atoms with E-state index in [0.717, 1.165) is 0 Å². The second-order valence-electron chi connectivity index (χ2n) is 6.52. The van der Waals surface area contributed by atoms with Crippen LogP contribution in [0.1, 0.15) is 18.1 Å². The molecular formula is C20H15F6N3O2S. The number of nitrogens with zero attached hydrogens (tertiary/aromatic N) is 2. The summed E-state index contributed by atoms with van der Waals surface area (Å²) in [6, 6.07) is 6.58. The summed E-state index contributed by atoms with van der Waals surface area (Å²) < 4.78 is 81.3. The normalized spacial score (nSPS) is 12.2. The molecule has 5 nitrogen and oxygen atoms in total. The van der Waals surface area contributed by atoms with Crippen molar-refractivity contribution in [1.82, 2.24) is 14.9 Å². The maximum atomic E-state index is 13.7. The van der Waals surface area contributed by atoms with E-state index < -0.39 is 40.6 Å². The van der Waals surface area contributed by atoms with E-state index in [4.69, 9.17) is 0 Å². The number of rotatable bonds is 5. The molecule has 1 heterocycles. The van der Waals surface area contributed by atoms with Crippen molar-refractivity contribution in [2.45, 2.75) is 24.4 Å². The highest BCUT2D eigenvalue weighted by atomic mass is 32.2. The number of nitrogens with one attached hydrogen (secondary N) is 1. The van der Waals surface area contributed by atoms with Gasteiger partial charge in [0.25, 0.3) is 5.56 Å². The lowest BCUT2D eigenvalue weighted by atomic mass is 10.1. The molecule has 12 heteroatoms. The van der Waals surface area contributed by atoms with Crippen LogP contribution in [0.25, 0.3) is 16.6 Å². The second-order valence-corrected chi connectivity index (χ2v) is 7.46. The molecule has 1 aromatic heterocycles. The Labute approximate surface area is 181 Å². The predicted molar refractivity (Wildman–Crippen MR) is 107 cm³/mol. The van der Waals surface area contributed by atoms with Crippen LogP contribution in [0.4, 0.5) is 26.3 Å². The highest BCUT2D eigenvalue weighted by Crippen LogP contribution is 2.38.